The Labute approximate surface area is 89.1 Å². The van der Waals surface area contributed by atoms with Crippen LogP contribution in [0.1, 0.15) is 41.0 Å². The van der Waals surface area contributed by atoms with E-state index in [0.717, 1.165) is 12.6 Å². The van der Waals surface area contributed by atoms with Gasteiger partial charge in [0.15, 0.2) is 0 Å². The molecule has 14 heavy (non-hydrogen) atoms. The zero-order valence-corrected chi connectivity index (χ0v) is 10.4. The second-order valence-electron chi connectivity index (χ2n) is 5.48. The van der Waals surface area contributed by atoms with Gasteiger partial charge in [-0.15, -0.1) is 0 Å². The zero-order valence-electron chi connectivity index (χ0n) is 10.4. The van der Waals surface area contributed by atoms with Gasteiger partial charge in [0, 0.05) is 25.2 Å². The minimum atomic E-state index is 0.381. The van der Waals surface area contributed by atoms with Crippen LogP contribution >= 0.6 is 0 Å². The number of piperazine rings is 1. The highest BCUT2D eigenvalue weighted by atomic mass is 15.2. The molecule has 0 aliphatic carbocycles. The number of rotatable bonds is 2. The highest BCUT2D eigenvalue weighted by Gasteiger charge is 2.32. The molecule has 1 aliphatic rings. The Morgan fingerprint density at radius 1 is 1.29 bits per heavy atom. The molecule has 0 amide bonds. The van der Waals surface area contributed by atoms with E-state index in [2.05, 4.69) is 44.8 Å². The van der Waals surface area contributed by atoms with Crippen molar-refractivity contribution in [1.29, 1.82) is 0 Å². The van der Waals surface area contributed by atoms with Crippen molar-refractivity contribution in [3.63, 3.8) is 0 Å². The van der Waals surface area contributed by atoms with Crippen molar-refractivity contribution in [1.82, 2.24) is 10.2 Å². The highest BCUT2D eigenvalue weighted by molar-refractivity contribution is 4.90. The van der Waals surface area contributed by atoms with Crippen LogP contribution in [0.3, 0.4) is 0 Å². The van der Waals surface area contributed by atoms with Crippen LogP contribution < -0.4 is 5.32 Å². The molecule has 0 aromatic rings. The van der Waals surface area contributed by atoms with E-state index in [1.54, 1.807) is 0 Å². The standard InChI is InChI=1S/C12H26N2/c1-6-10-8-13-11(12(3,4)5)9-14(10)7-2/h10-11,13H,6-9H2,1-5H3. The van der Waals surface area contributed by atoms with E-state index in [9.17, 15) is 0 Å². The fraction of sp³-hybridized carbons (Fsp3) is 1.00. The number of hydrogen-bond acceptors (Lipinski definition) is 2. The van der Waals surface area contributed by atoms with Gasteiger partial charge in [-0.05, 0) is 18.4 Å². The topological polar surface area (TPSA) is 15.3 Å². The van der Waals surface area contributed by atoms with Crippen LogP contribution in [0.2, 0.25) is 0 Å². The molecule has 0 radical (unpaired) electrons. The van der Waals surface area contributed by atoms with Crippen molar-refractivity contribution in [3.8, 4) is 0 Å². The molecular weight excluding hydrogens is 172 g/mol. The van der Waals surface area contributed by atoms with E-state index in [1.807, 2.05) is 0 Å². The average molecular weight is 198 g/mol. The van der Waals surface area contributed by atoms with E-state index in [4.69, 9.17) is 0 Å². The van der Waals surface area contributed by atoms with Crippen molar-refractivity contribution >= 4 is 0 Å². The third-order valence-corrected chi connectivity index (χ3v) is 3.46. The fourth-order valence-corrected chi connectivity index (χ4v) is 2.23. The Balaban J connectivity index is 2.57. The van der Waals surface area contributed by atoms with E-state index in [0.29, 0.717) is 11.5 Å². The van der Waals surface area contributed by atoms with Gasteiger partial charge in [0.25, 0.3) is 0 Å². The lowest BCUT2D eigenvalue weighted by Crippen LogP contribution is -2.59. The lowest BCUT2D eigenvalue weighted by molar-refractivity contribution is 0.0884. The van der Waals surface area contributed by atoms with Crippen molar-refractivity contribution < 1.29 is 0 Å². The fourth-order valence-electron chi connectivity index (χ4n) is 2.23. The van der Waals surface area contributed by atoms with Crippen molar-refractivity contribution in [2.75, 3.05) is 19.6 Å². The van der Waals surface area contributed by atoms with Gasteiger partial charge in [-0.3, -0.25) is 4.90 Å². The van der Waals surface area contributed by atoms with Gasteiger partial charge in [-0.2, -0.15) is 0 Å². The van der Waals surface area contributed by atoms with Gasteiger partial charge >= 0.3 is 0 Å². The normalized spacial score (nSPS) is 30.6. The van der Waals surface area contributed by atoms with Gasteiger partial charge in [-0.1, -0.05) is 34.6 Å². The van der Waals surface area contributed by atoms with Crippen LogP contribution in [-0.4, -0.2) is 36.6 Å². The van der Waals surface area contributed by atoms with Gasteiger partial charge in [0.2, 0.25) is 0 Å². The SMILES string of the molecule is CCC1CNC(C(C)(C)C)CN1CC. The van der Waals surface area contributed by atoms with Crippen LogP contribution in [0.25, 0.3) is 0 Å². The molecule has 84 valence electrons. The maximum absolute atomic E-state index is 3.68. The molecule has 2 unspecified atom stereocenters. The lowest BCUT2D eigenvalue weighted by atomic mass is 9.84. The highest BCUT2D eigenvalue weighted by Crippen LogP contribution is 2.23. The van der Waals surface area contributed by atoms with Crippen molar-refractivity contribution in [2.45, 2.75) is 53.1 Å². The minimum Gasteiger partial charge on any atom is -0.311 e. The molecule has 0 saturated carbocycles. The first-order valence-corrected chi connectivity index (χ1v) is 5.96. The summed E-state index contributed by atoms with van der Waals surface area (Å²) in [6, 6.07) is 1.39. The van der Waals surface area contributed by atoms with Crippen molar-refractivity contribution in [3.05, 3.63) is 0 Å². The first kappa shape index (κ1) is 12.0. The van der Waals surface area contributed by atoms with Crippen LogP contribution in [0, 0.1) is 5.41 Å². The van der Waals surface area contributed by atoms with Crippen LogP contribution in [0.4, 0.5) is 0 Å². The van der Waals surface area contributed by atoms with E-state index in [1.165, 1.54) is 19.5 Å². The maximum Gasteiger partial charge on any atom is 0.0244 e. The summed E-state index contributed by atoms with van der Waals surface area (Å²) in [5, 5.41) is 3.68. The third-order valence-electron chi connectivity index (χ3n) is 3.46. The molecule has 0 bridgehead atoms. The Morgan fingerprint density at radius 3 is 2.36 bits per heavy atom. The first-order valence-electron chi connectivity index (χ1n) is 5.96. The van der Waals surface area contributed by atoms with E-state index >= 15 is 0 Å². The summed E-state index contributed by atoms with van der Waals surface area (Å²) in [5.41, 5.74) is 0.381. The molecule has 1 heterocycles. The predicted octanol–water partition coefficient (Wildman–Crippen LogP) is 2.10. The molecule has 2 atom stereocenters. The quantitative estimate of drug-likeness (QED) is 0.731. The Morgan fingerprint density at radius 2 is 1.93 bits per heavy atom. The third kappa shape index (κ3) is 2.71. The predicted molar refractivity (Wildman–Crippen MR) is 62.6 cm³/mol. The molecule has 2 nitrogen and oxygen atoms in total. The molecule has 1 saturated heterocycles. The van der Waals surface area contributed by atoms with Gasteiger partial charge in [-0.25, -0.2) is 0 Å². The largest absolute Gasteiger partial charge is 0.311 e. The molecule has 1 aliphatic heterocycles. The summed E-state index contributed by atoms with van der Waals surface area (Å²) >= 11 is 0. The summed E-state index contributed by atoms with van der Waals surface area (Å²) in [5.74, 6) is 0. The second kappa shape index (κ2) is 4.63. The Bertz CT molecular complexity index is 172. The van der Waals surface area contributed by atoms with Crippen LogP contribution in [0.5, 0.6) is 0 Å². The molecule has 0 aromatic heterocycles. The van der Waals surface area contributed by atoms with E-state index in [-0.39, 0.29) is 0 Å². The smallest absolute Gasteiger partial charge is 0.0244 e. The summed E-state index contributed by atoms with van der Waals surface area (Å²) in [6.07, 6.45) is 1.26. The van der Waals surface area contributed by atoms with E-state index < -0.39 is 0 Å². The molecule has 0 aromatic carbocycles. The van der Waals surface area contributed by atoms with Crippen molar-refractivity contribution in [2.24, 2.45) is 5.41 Å². The molecular formula is C12H26N2. The number of hydrogen-bond donors (Lipinski definition) is 1. The molecule has 1 rings (SSSR count). The minimum absolute atomic E-state index is 0.381. The molecule has 1 N–H and O–H groups in total. The maximum atomic E-state index is 3.68. The summed E-state index contributed by atoms with van der Waals surface area (Å²) in [7, 11) is 0. The monoisotopic (exact) mass is 198 g/mol. The van der Waals surface area contributed by atoms with Gasteiger partial charge < -0.3 is 5.32 Å². The molecule has 2 heteroatoms. The molecule has 0 spiro atoms. The van der Waals surface area contributed by atoms with Gasteiger partial charge in [0.05, 0.1) is 0 Å². The average Bonchev–Trinajstić information content (AvgIpc) is 2.15. The van der Waals surface area contributed by atoms with Crippen LogP contribution in [-0.2, 0) is 0 Å². The lowest BCUT2D eigenvalue weighted by Gasteiger charge is -2.44. The van der Waals surface area contributed by atoms with Gasteiger partial charge in [0.1, 0.15) is 0 Å². The summed E-state index contributed by atoms with van der Waals surface area (Å²) < 4.78 is 0. The number of likely N-dealkylation sites (N-methyl/N-ethyl adjacent to an activating group) is 1. The summed E-state index contributed by atoms with van der Waals surface area (Å²) in [4.78, 5) is 2.62. The number of nitrogens with one attached hydrogen (secondary N) is 1. The summed E-state index contributed by atoms with van der Waals surface area (Å²) in [6.45, 7) is 15.1. The molecule has 1 fully saturated rings. The first-order chi connectivity index (χ1) is 6.49. The van der Waals surface area contributed by atoms with Crippen LogP contribution in [0.15, 0.2) is 0 Å². The Hall–Kier alpha value is -0.0800. The Kier molecular flexibility index (Phi) is 3.96. The zero-order chi connectivity index (χ0) is 10.8. The second-order valence-corrected chi connectivity index (χ2v) is 5.48. The number of nitrogens with zero attached hydrogens (tertiary/aromatic N) is 1.